The molecule has 1 aromatic carbocycles. The number of alkyl halides is 3. The third kappa shape index (κ3) is 3.12. The molecule has 4 nitrogen and oxygen atoms in total. The summed E-state index contributed by atoms with van der Waals surface area (Å²) in [5.41, 5.74) is 5.71. The van der Waals surface area contributed by atoms with Gasteiger partial charge in [-0.3, -0.25) is 4.79 Å². The lowest BCUT2D eigenvalue weighted by Crippen LogP contribution is -2.16. The van der Waals surface area contributed by atoms with Crippen LogP contribution in [0.4, 0.5) is 18.9 Å². The fourth-order valence-electron chi connectivity index (χ4n) is 1.58. The molecule has 0 aliphatic rings. The molecule has 2 rings (SSSR count). The van der Waals surface area contributed by atoms with Crippen LogP contribution in [0.15, 0.2) is 36.5 Å². The molecule has 0 amide bonds. The van der Waals surface area contributed by atoms with Crippen LogP contribution in [0.1, 0.15) is 16.9 Å². The van der Waals surface area contributed by atoms with Crippen LogP contribution >= 0.6 is 0 Å². The number of carbonyl (C=O) groups excluding carboxylic acids is 1. The second-order valence-electron chi connectivity index (χ2n) is 3.93. The number of hydrogen-bond acceptors (Lipinski definition) is 3. The minimum atomic E-state index is -4.57. The Kier molecular flexibility index (Phi) is 3.28. The molecule has 2 aromatic rings. The fourth-order valence-corrected chi connectivity index (χ4v) is 1.58. The predicted molar refractivity (Wildman–Crippen MR) is 63.0 cm³/mol. The Balaban J connectivity index is 2.30. The lowest BCUT2D eigenvalue weighted by molar-refractivity contribution is -0.125. The lowest BCUT2D eigenvalue weighted by Gasteiger charge is -2.03. The maximum absolute atomic E-state index is 12.2. The summed E-state index contributed by atoms with van der Waals surface area (Å²) in [5, 5.41) is 3.81. The maximum Gasteiger partial charge on any atom is 0.396 e. The number of hydrogen-bond donors (Lipinski definition) is 1. The largest absolute Gasteiger partial charge is 0.396 e. The number of nitrogens with two attached hydrogens (primary N) is 1. The first-order chi connectivity index (χ1) is 8.87. The van der Waals surface area contributed by atoms with Crippen LogP contribution in [-0.4, -0.2) is 21.7 Å². The summed E-state index contributed by atoms with van der Waals surface area (Å²) in [5.74, 6) is -1.14. The van der Waals surface area contributed by atoms with Gasteiger partial charge in [0.2, 0.25) is 0 Å². The molecule has 0 fully saturated rings. The smallest absolute Gasteiger partial charge is 0.396 e. The molecule has 100 valence electrons. The van der Waals surface area contributed by atoms with E-state index >= 15 is 0 Å². The molecule has 19 heavy (non-hydrogen) atoms. The monoisotopic (exact) mass is 269 g/mol. The number of carbonyl (C=O) groups is 1. The van der Waals surface area contributed by atoms with Crippen LogP contribution in [0.3, 0.4) is 0 Å². The molecular weight excluding hydrogens is 259 g/mol. The molecular formula is C12H10F3N3O. The molecule has 0 aliphatic heterocycles. The van der Waals surface area contributed by atoms with E-state index in [9.17, 15) is 18.0 Å². The molecule has 0 saturated heterocycles. The summed E-state index contributed by atoms with van der Waals surface area (Å²) in [6.45, 7) is 0. The normalized spacial score (nSPS) is 11.5. The Labute approximate surface area is 106 Å². The van der Waals surface area contributed by atoms with E-state index < -0.39 is 18.4 Å². The highest BCUT2D eigenvalue weighted by Gasteiger charge is 2.33. The highest BCUT2D eigenvalue weighted by Crippen LogP contribution is 2.24. The van der Waals surface area contributed by atoms with Crippen molar-refractivity contribution < 1.29 is 18.0 Å². The van der Waals surface area contributed by atoms with Gasteiger partial charge in [0.1, 0.15) is 6.42 Å². The number of benzene rings is 1. The highest BCUT2D eigenvalue weighted by atomic mass is 19.4. The number of aromatic nitrogens is 2. The van der Waals surface area contributed by atoms with Gasteiger partial charge >= 0.3 is 6.18 Å². The van der Waals surface area contributed by atoms with E-state index in [-0.39, 0.29) is 11.4 Å². The lowest BCUT2D eigenvalue weighted by atomic mass is 10.2. The van der Waals surface area contributed by atoms with Crippen LogP contribution in [0.2, 0.25) is 0 Å². The van der Waals surface area contributed by atoms with E-state index in [1.54, 1.807) is 30.3 Å². The van der Waals surface area contributed by atoms with E-state index in [4.69, 9.17) is 5.73 Å². The summed E-state index contributed by atoms with van der Waals surface area (Å²) in [6, 6.07) is 8.66. The van der Waals surface area contributed by atoms with Crippen LogP contribution in [0.5, 0.6) is 0 Å². The minimum Gasteiger partial charge on any atom is -0.396 e. The third-order valence-corrected chi connectivity index (χ3v) is 2.39. The van der Waals surface area contributed by atoms with Crippen molar-refractivity contribution in [2.24, 2.45) is 0 Å². The number of para-hydroxylation sites is 1. The van der Waals surface area contributed by atoms with E-state index in [1.165, 1.54) is 10.9 Å². The maximum atomic E-state index is 12.2. The average Bonchev–Trinajstić information content (AvgIpc) is 2.70. The second kappa shape index (κ2) is 4.75. The van der Waals surface area contributed by atoms with Crippen molar-refractivity contribution in [1.82, 2.24) is 9.78 Å². The molecule has 0 bridgehead atoms. The van der Waals surface area contributed by atoms with Gasteiger partial charge in [-0.05, 0) is 12.1 Å². The number of nitrogen functional groups attached to an aromatic ring is 1. The number of nitrogens with zero attached hydrogens (tertiary/aromatic N) is 2. The van der Waals surface area contributed by atoms with Gasteiger partial charge in [-0.15, -0.1) is 0 Å². The van der Waals surface area contributed by atoms with Gasteiger partial charge in [0.05, 0.1) is 17.6 Å². The van der Waals surface area contributed by atoms with E-state index in [0.717, 1.165) is 0 Å². The quantitative estimate of drug-likeness (QED) is 0.871. The van der Waals surface area contributed by atoms with Gasteiger partial charge in [0.15, 0.2) is 11.5 Å². The fraction of sp³-hybridized carbons (Fsp3) is 0.167. The average molecular weight is 269 g/mol. The first-order valence-corrected chi connectivity index (χ1v) is 5.37. The summed E-state index contributed by atoms with van der Waals surface area (Å²) in [4.78, 5) is 11.4. The zero-order chi connectivity index (χ0) is 14.0. The number of anilines is 1. The van der Waals surface area contributed by atoms with Gasteiger partial charge in [0.25, 0.3) is 0 Å². The number of halogens is 3. The number of ketones is 1. The van der Waals surface area contributed by atoms with Gasteiger partial charge in [-0.1, -0.05) is 18.2 Å². The van der Waals surface area contributed by atoms with E-state index in [0.29, 0.717) is 5.69 Å². The Morgan fingerprint density at radius 2 is 1.89 bits per heavy atom. The van der Waals surface area contributed by atoms with Gasteiger partial charge in [0, 0.05) is 0 Å². The second-order valence-corrected chi connectivity index (χ2v) is 3.93. The summed E-state index contributed by atoms with van der Waals surface area (Å²) < 4.78 is 37.7. The Morgan fingerprint density at radius 1 is 1.26 bits per heavy atom. The molecule has 0 saturated carbocycles. The molecule has 2 N–H and O–H groups in total. The topological polar surface area (TPSA) is 60.9 Å². The Morgan fingerprint density at radius 3 is 2.47 bits per heavy atom. The molecule has 0 atom stereocenters. The van der Waals surface area contributed by atoms with Gasteiger partial charge in [-0.25, -0.2) is 4.68 Å². The zero-order valence-corrected chi connectivity index (χ0v) is 9.69. The first-order valence-electron chi connectivity index (χ1n) is 5.37. The minimum absolute atomic E-state index is 0.0712. The number of rotatable bonds is 3. The van der Waals surface area contributed by atoms with Gasteiger partial charge in [-0.2, -0.15) is 18.3 Å². The Bertz CT molecular complexity index is 590. The summed E-state index contributed by atoms with van der Waals surface area (Å²) in [7, 11) is 0. The van der Waals surface area contributed by atoms with Crippen molar-refractivity contribution in [3.8, 4) is 5.69 Å². The van der Waals surface area contributed by atoms with Crippen LogP contribution in [-0.2, 0) is 0 Å². The molecule has 1 heterocycles. The summed E-state index contributed by atoms with van der Waals surface area (Å²) >= 11 is 0. The number of Topliss-reactive ketones (excluding diaryl/α,β-unsaturated/α-hetero) is 1. The molecule has 0 radical (unpaired) electrons. The molecule has 0 aliphatic carbocycles. The van der Waals surface area contributed by atoms with Crippen LogP contribution < -0.4 is 5.73 Å². The molecule has 0 unspecified atom stereocenters. The molecule has 7 heteroatoms. The van der Waals surface area contributed by atoms with Gasteiger partial charge < -0.3 is 5.73 Å². The van der Waals surface area contributed by atoms with Crippen molar-refractivity contribution >= 4 is 11.5 Å². The van der Waals surface area contributed by atoms with E-state index in [2.05, 4.69) is 5.10 Å². The van der Waals surface area contributed by atoms with Crippen molar-refractivity contribution in [3.63, 3.8) is 0 Å². The molecule has 0 spiro atoms. The standard InChI is InChI=1S/C12H10F3N3O/c13-12(14,15)6-10(19)11-9(16)7-18(17-11)8-4-2-1-3-5-8/h1-5,7H,6,16H2. The van der Waals surface area contributed by atoms with Crippen molar-refractivity contribution in [3.05, 3.63) is 42.2 Å². The van der Waals surface area contributed by atoms with Crippen molar-refractivity contribution in [2.75, 3.05) is 5.73 Å². The third-order valence-electron chi connectivity index (χ3n) is 2.39. The Hall–Kier alpha value is -2.31. The zero-order valence-electron chi connectivity index (χ0n) is 9.69. The first kappa shape index (κ1) is 13.1. The van der Waals surface area contributed by atoms with E-state index in [1.807, 2.05) is 0 Å². The van der Waals surface area contributed by atoms with Crippen molar-refractivity contribution in [1.29, 1.82) is 0 Å². The predicted octanol–water partition coefficient (Wildman–Crippen LogP) is 2.59. The SMILES string of the molecule is Nc1cn(-c2ccccc2)nc1C(=O)CC(F)(F)F. The van der Waals surface area contributed by atoms with Crippen LogP contribution in [0.25, 0.3) is 5.69 Å². The molecule has 1 aromatic heterocycles. The van der Waals surface area contributed by atoms with Crippen molar-refractivity contribution in [2.45, 2.75) is 12.6 Å². The van der Waals surface area contributed by atoms with Crippen LogP contribution in [0, 0.1) is 0 Å². The summed E-state index contributed by atoms with van der Waals surface area (Å²) in [6.07, 6.45) is -4.82. The highest BCUT2D eigenvalue weighted by molar-refractivity contribution is 5.99.